The fourth-order valence-electron chi connectivity index (χ4n) is 2.62. The minimum absolute atomic E-state index is 0.759. The lowest BCUT2D eigenvalue weighted by atomic mass is 9.93. The van der Waals surface area contributed by atoms with E-state index in [4.69, 9.17) is 0 Å². The molecule has 1 saturated heterocycles. The van der Waals surface area contributed by atoms with Crippen molar-refractivity contribution in [2.24, 2.45) is 5.92 Å². The van der Waals surface area contributed by atoms with Crippen LogP contribution >= 0.6 is 0 Å². The Morgan fingerprint density at radius 3 is 2.80 bits per heavy atom. The SMILES string of the molecule is CC[C@H]1CCN[C@@H]1CCc1ccccc1. The van der Waals surface area contributed by atoms with Gasteiger partial charge in [0, 0.05) is 6.04 Å². The minimum atomic E-state index is 0.759. The smallest absolute Gasteiger partial charge is 0.00988 e. The van der Waals surface area contributed by atoms with Gasteiger partial charge in [-0.1, -0.05) is 43.7 Å². The lowest BCUT2D eigenvalue weighted by molar-refractivity contribution is 0.413. The molecule has 0 saturated carbocycles. The predicted molar refractivity (Wildman–Crippen MR) is 65.0 cm³/mol. The second kappa shape index (κ2) is 5.32. The van der Waals surface area contributed by atoms with Crippen LogP contribution in [-0.2, 0) is 6.42 Å². The van der Waals surface area contributed by atoms with Crippen LogP contribution in [0.15, 0.2) is 30.3 Å². The van der Waals surface area contributed by atoms with Crippen molar-refractivity contribution < 1.29 is 0 Å². The number of nitrogens with one attached hydrogen (secondary N) is 1. The van der Waals surface area contributed by atoms with Crippen molar-refractivity contribution in [2.75, 3.05) is 6.54 Å². The maximum Gasteiger partial charge on any atom is 0.00988 e. The van der Waals surface area contributed by atoms with Crippen LogP contribution in [0.2, 0.25) is 0 Å². The molecule has 0 aromatic heterocycles. The van der Waals surface area contributed by atoms with Crippen molar-refractivity contribution in [3.05, 3.63) is 35.9 Å². The fraction of sp³-hybridized carbons (Fsp3) is 0.571. The van der Waals surface area contributed by atoms with Crippen molar-refractivity contribution in [1.29, 1.82) is 0 Å². The first-order chi connectivity index (χ1) is 7.40. The molecule has 1 aromatic carbocycles. The van der Waals surface area contributed by atoms with E-state index >= 15 is 0 Å². The van der Waals surface area contributed by atoms with Gasteiger partial charge in [0.25, 0.3) is 0 Å². The van der Waals surface area contributed by atoms with E-state index in [1.807, 2.05) is 0 Å². The van der Waals surface area contributed by atoms with Crippen molar-refractivity contribution in [3.63, 3.8) is 0 Å². The summed E-state index contributed by atoms with van der Waals surface area (Å²) in [6.07, 6.45) is 5.21. The van der Waals surface area contributed by atoms with Gasteiger partial charge >= 0.3 is 0 Å². The Morgan fingerprint density at radius 2 is 2.07 bits per heavy atom. The molecule has 1 aliphatic rings. The Hall–Kier alpha value is -0.820. The van der Waals surface area contributed by atoms with Gasteiger partial charge in [-0.2, -0.15) is 0 Å². The van der Waals surface area contributed by atoms with Gasteiger partial charge in [-0.15, -0.1) is 0 Å². The van der Waals surface area contributed by atoms with Crippen LogP contribution in [-0.4, -0.2) is 12.6 Å². The van der Waals surface area contributed by atoms with Crippen LogP contribution in [0, 0.1) is 5.92 Å². The summed E-state index contributed by atoms with van der Waals surface area (Å²) >= 11 is 0. The third kappa shape index (κ3) is 2.82. The first-order valence-electron chi connectivity index (χ1n) is 6.17. The molecule has 0 unspecified atom stereocenters. The molecule has 0 radical (unpaired) electrons. The van der Waals surface area contributed by atoms with Crippen LogP contribution in [0.1, 0.15) is 31.7 Å². The fourth-order valence-corrected chi connectivity index (χ4v) is 2.62. The molecule has 0 bridgehead atoms. The average Bonchev–Trinajstić information content (AvgIpc) is 2.75. The predicted octanol–water partition coefficient (Wildman–Crippen LogP) is 3.01. The number of hydrogen-bond donors (Lipinski definition) is 1. The van der Waals surface area contributed by atoms with E-state index < -0.39 is 0 Å². The normalized spacial score (nSPS) is 25.7. The molecule has 1 aliphatic heterocycles. The van der Waals surface area contributed by atoms with Crippen LogP contribution in [0.25, 0.3) is 0 Å². The summed E-state index contributed by atoms with van der Waals surface area (Å²) < 4.78 is 0. The minimum Gasteiger partial charge on any atom is -0.314 e. The lowest BCUT2D eigenvalue weighted by Gasteiger charge is -2.17. The summed E-state index contributed by atoms with van der Waals surface area (Å²) in [5, 5.41) is 3.63. The molecule has 2 rings (SSSR count). The topological polar surface area (TPSA) is 12.0 Å². The van der Waals surface area contributed by atoms with Gasteiger partial charge in [0.15, 0.2) is 0 Å². The maximum absolute atomic E-state index is 3.63. The van der Waals surface area contributed by atoms with E-state index in [1.165, 1.54) is 37.8 Å². The molecule has 1 heterocycles. The second-order valence-electron chi connectivity index (χ2n) is 4.54. The molecular weight excluding hydrogens is 182 g/mol. The van der Waals surface area contributed by atoms with E-state index in [0.717, 1.165) is 12.0 Å². The largest absolute Gasteiger partial charge is 0.314 e. The molecule has 1 N–H and O–H groups in total. The molecular formula is C14H21N. The molecule has 0 spiro atoms. The molecule has 1 nitrogen and oxygen atoms in total. The summed E-state index contributed by atoms with van der Waals surface area (Å²) in [5.74, 6) is 0.911. The molecule has 82 valence electrons. The highest BCUT2D eigenvalue weighted by Gasteiger charge is 2.24. The zero-order valence-corrected chi connectivity index (χ0v) is 9.58. The van der Waals surface area contributed by atoms with Gasteiger partial charge in [-0.05, 0) is 37.3 Å². The van der Waals surface area contributed by atoms with Gasteiger partial charge in [0.1, 0.15) is 0 Å². The van der Waals surface area contributed by atoms with E-state index in [2.05, 4.69) is 42.6 Å². The molecule has 2 atom stereocenters. The average molecular weight is 203 g/mol. The lowest BCUT2D eigenvalue weighted by Crippen LogP contribution is -2.27. The van der Waals surface area contributed by atoms with Gasteiger partial charge in [0.2, 0.25) is 0 Å². The van der Waals surface area contributed by atoms with E-state index in [1.54, 1.807) is 0 Å². The Kier molecular flexibility index (Phi) is 3.79. The Balaban J connectivity index is 1.83. The first-order valence-corrected chi connectivity index (χ1v) is 6.17. The van der Waals surface area contributed by atoms with Gasteiger partial charge in [-0.25, -0.2) is 0 Å². The third-order valence-electron chi connectivity index (χ3n) is 3.60. The molecule has 0 aliphatic carbocycles. The van der Waals surface area contributed by atoms with E-state index in [-0.39, 0.29) is 0 Å². The van der Waals surface area contributed by atoms with Crippen molar-refractivity contribution in [1.82, 2.24) is 5.32 Å². The van der Waals surface area contributed by atoms with E-state index in [9.17, 15) is 0 Å². The highest BCUT2D eigenvalue weighted by Crippen LogP contribution is 2.22. The Morgan fingerprint density at radius 1 is 1.27 bits per heavy atom. The van der Waals surface area contributed by atoms with Crippen LogP contribution in [0.4, 0.5) is 0 Å². The molecule has 1 aromatic rings. The number of rotatable bonds is 4. The zero-order valence-electron chi connectivity index (χ0n) is 9.58. The van der Waals surface area contributed by atoms with Gasteiger partial charge in [-0.3, -0.25) is 0 Å². The molecule has 15 heavy (non-hydrogen) atoms. The third-order valence-corrected chi connectivity index (χ3v) is 3.60. The van der Waals surface area contributed by atoms with Crippen molar-refractivity contribution >= 4 is 0 Å². The second-order valence-corrected chi connectivity index (χ2v) is 4.54. The van der Waals surface area contributed by atoms with Crippen LogP contribution in [0.3, 0.4) is 0 Å². The van der Waals surface area contributed by atoms with Gasteiger partial charge < -0.3 is 5.32 Å². The highest BCUT2D eigenvalue weighted by atomic mass is 14.9. The van der Waals surface area contributed by atoms with E-state index in [0.29, 0.717) is 0 Å². The highest BCUT2D eigenvalue weighted by molar-refractivity contribution is 5.14. The summed E-state index contributed by atoms with van der Waals surface area (Å²) in [5.41, 5.74) is 1.47. The quantitative estimate of drug-likeness (QED) is 0.793. The maximum atomic E-state index is 3.63. The summed E-state index contributed by atoms with van der Waals surface area (Å²) in [7, 11) is 0. The molecule has 0 amide bonds. The zero-order chi connectivity index (χ0) is 10.5. The molecule has 1 fully saturated rings. The Labute approximate surface area is 92.9 Å². The standard InChI is InChI=1S/C14H21N/c1-2-13-10-11-15-14(13)9-8-12-6-4-3-5-7-12/h3-7,13-15H,2,8-11H2,1H3/t13-,14+/m0/s1. The van der Waals surface area contributed by atoms with Crippen molar-refractivity contribution in [3.8, 4) is 0 Å². The van der Waals surface area contributed by atoms with Crippen LogP contribution < -0.4 is 5.32 Å². The summed E-state index contributed by atoms with van der Waals surface area (Å²) in [4.78, 5) is 0. The number of hydrogen-bond acceptors (Lipinski definition) is 1. The summed E-state index contributed by atoms with van der Waals surface area (Å²) in [6, 6.07) is 11.6. The van der Waals surface area contributed by atoms with Crippen molar-refractivity contribution in [2.45, 2.75) is 38.6 Å². The first kappa shape index (κ1) is 10.7. The monoisotopic (exact) mass is 203 g/mol. The van der Waals surface area contributed by atoms with Crippen LogP contribution in [0.5, 0.6) is 0 Å². The molecule has 1 heteroatoms. The summed E-state index contributed by atoms with van der Waals surface area (Å²) in [6.45, 7) is 3.53. The Bertz CT molecular complexity index is 281. The van der Waals surface area contributed by atoms with Gasteiger partial charge in [0.05, 0.1) is 0 Å². The number of aryl methyl sites for hydroxylation is 1. The number of benzene rings is 1.